The molecule has 80 valence electrons. The van der Waals surface area contributed by atoms with Gasteiger partial charge in [-0.3, -0.25) is 0 Å². The van der Waals surface area contributed by atoms with E-state index in [4.69, 9.17) is 5.73 Å². The van der Waals surface area contributed by atoms with Crippen LogP contribution in [0.1, 0.15) is 15.9 Å². The number of amidine groups is 1. The van der Waals surface area contributed by atoms with E-state index in [0.717, 1.165) is 0 Å². The van der Waals surface area contributed by atoms with E-state index < -0.39 is 0 Å². The van der Waals surface area contributed by atoms with Gasteiger partial charge < -0.3 is 15.3 Å². The second-order valence-corrected chi connectivity index (χ2v) is 2.73. The highest BCUT2D eigenvalue weighted by Gasteiger charge is 2.05. The first-order chi connectivity index (χ1) is 7.19. The second kappa shape index (κ2) is 4.99. The fourth-order valence-electron chi connectivity index (χ4n) is 1.05. The van der Waals surface area contributed by atoms with Gasteiger partial charge in [-0.1, -0.05) is 17.3 Å². The van der Waals surface area contributed by atoms with Crippen LogP contribution in [0.5, 0.6) is 0 Å². The van der Waals surface area contributed by atoms with Crippen molar-refractivity contribution in [2.75, 3.05) is 14.2 Å². The third kappa shape index (κ3) is 2.70. The summed E-state index contributed by atoms with van der Waals surface area (Å²) < 4.78 is 4.56. The minimum absolute atomic E-state index is 0.258. The zero-order valence-electron chi connectivity index (χ0n) is 8.56. The van der Waals surface area contributed by atoms with Crippen LogP contribution in [0.3, 0.4) is 0 Å². The van der Waals surface area contributed by atoms with Crippen molar-refractivity contribution in [1.29, 1.82) is 0 Å². The zero-order chi connectivity index (χ0) is 11.3. The largest absolute Gasteiger partial charge is 0.465 e. The summed E-state index contributed by atoms with van der Waals surface area (Å²) in [6.07, 6.45) is 0. The molecule has 0 unspecified atom stereocenters. The van der Waals surface area contributed by atoms with Crippen molar-refractivity contribution in [1.82, 2.24) is 0 Å². The van der Waals surface area contributed by atoms with E-state index >= 15 is 0 Å². The number of esters is 1. The molecule has 0 saturated heterocycles. The van der Waals surface area contributed by atoms with Crippen molar-refractivity contribution in [2.24, 2.45) is 10.9 Å². The summed E-state index contributed by atoms with van der Waals surface area (Å²) in [5.41, 5.74) is 6.72. The van der Waals surface area contributed by atoms with Crippen LogP contribution in [0.15, 0.2) is 29.4 Å². The smallest absolute Gasteiger partial charge is 0.337 e. The van der Waals surface area contributed by atoms with Gasteiger partial charge in [0.25, 0.3) is 0 Å². The van der Waals surface area contributed by atoms with E-state index in [1.807, 2.05) is 0 Å². The average Bonchev–Trinajstić information content (AvgIpc) is 2.28. The topological polar surface area (TPSA) is 73.9 Å². The van der Waals surface area contributed by atoms with Gasteiger partial charge >= 0.3 is 5.97 Å². The number of oxime groups is 1. The molecule has 0 amide bonds. The summed E-state index contributed by atoms with van der Waals surface area (Å²) in [5.74, 6) is -0.127. The van der Waals surface area contributed by atoms with Crippen LogP contribution in [0.25, 0.3) is 0 Å². The summed E-state index contributed by atoms with van der Waals surface area (Å²) >= 11 is 0. The summed E-state index contributed by atoms with van der Waals surface area (Å²) in [5, 5.41) is 3.57. The van der Waals surface area contributed by atoms with Crippen molar-refractivity contribution >= 4 is 11.8 Å². The molecule has 1 rings (SSSR count). The third-order valence-electron chi connectivity index (χ3n) is 1.79. The van der Waals surface area contributed by atoms with E-state index in [9.17, 15) is 4.79 Å². The van der Waals surface area contributed by atoms with Gasteiger partial charge in [0.2, 0.25) is 0 Å². The van der Waals surface area contributed by atoms with Crippen LogP contribution < -0.4 is 5.73 Å². The lowest BCUT2D eigenvalue weighted by atomic mass is 10.1. The minimum Gasteiger partial charge on any atom is -0.465 e. The normalized spacial score (nSPS) is 10.9. The maximum Gasteiger partial charge on any atom is 0.337 e. The number of nitrogens with zero attached hydrogens (tertiary/aromatic N) is 1. The number of hydrogen-bond donors (Lipinski definition) is 1. The lowest BCUT2D eigenvalue weighted by Gasteiger charge is -2.01. The molecule has 1 aromatic carbocycles. The summed E-state index contributed by atoms with van der Waals surface area (Å²) in [7, 11) is 2.74. The molecule has 2 N–H and O–H groups in total. The molecule has 5 heteroatoms. The Labute approximate surface area is 87.5 Å². The zero-order valence-corrected chi connectivity index (χ0v) is 8.56. The van der Waals surface area contributed by atoms with Gasteiger partial charge in [-0.25, -0.2) is 4.79 Å². The number of carbonyl (C=O) groups is 1. The third-order valence-corrected chi connectivity index (χ3v) is 1.79. The highest BCUT2D eigenvalue weighted by Crippen LogP contribution is 2.05. The summed E-state index contributed by atoms with van der Waals surface area (Å²) in [6.45, 7) is 0. The summed E-state index contributed by atoms with van der Waals surface area (Å²) in [6, 6.07) is 6.56. The fourth-order valence-corrected chi connectivity index (χ4v) is 1.05. The molecule has 5 nitrogen and oxygen atoms in total. The molecular formula is C10H12N2O3. The lowest BCUT2D eigenvalue weighted by molar-refractivity contribution is 0.0601. The number of hydrogen-bond acceptors (Lipinski definition) is 4. The monoisotopic (exact) mass is 208 g/mol. The Morgan fingerprint density at radius 3 is 2.20 bits per heavy atom. The van der Waals surface area contributed by atoms with E-state index in [2.05, 4.69) is 14.7 Å². The SMILES string of the molecule is CO/N=C(\N)c1ccc(C(=O)OC)cc1. The predicted molar refractivity (Wildman–Crippen MR) is 55.5 cm³/mol. The Balaban J connectivity index is 2.90. The van der Waals surface area contributed by atoms with Crippen LogP contribution in [-0.4, -0.2) is 26.0 Å². The van der Waals surface area contributed by atoms with Crippen molar-refractivity contribution in [3.8, 4) is 0 Å². The molecule has 0 heterocycles. The van der Waals surface area contributed by atoms with Crippen LogP contribution >= 0.6 is 0 Å². The van der Waals surface area contributed by atoms with E-state index in [1.54, 1.807) is 24.3 Å². The van der Waals surface area contributed by atoms with Crippen LogP contribution in [-0.2, 0) is 9.57 Å². The molecule has 0 fully saturated rings. The molecule has 0 radical (unpaired) electrons. The Morgan fingerprint density at radius 1 is 1.20 bits per heavy atom. The maximum absolute atomic E-state index is 11.1. The molecular weight excluding hydrogens is 196 g/mol. The standard InChI is InChI=1S/C10H12N2O3/c1-14-10(13)8-5-3-7(4-6-8)9(11)12-15-2/h3-6H,1-2H3,(H2,11,12). The van der Waals surface area contributed by atoms with Crippen molar-refractivity contribution in [2.45, 2.75) is 0 Å². The second-order valence-electron chi connectivity index (χ2n) is 2.73. The molecule has 0 aliphatic heterocycles. The van der Waals surface area contributed by atoms with Gasteiger partial charge in [0.1, 0.15) is 7.11 Å². The Bertz CT molecular complexity index is 371. The molecule has 0 bridgehead atoms. The van der Waals surface area contributed by atoms with E-state index in [-0.39, 0.29) is 11.8 Å². The van der Waals surface area contributed by atoms with Gasteiger partial charge in [0.15, 0.2) is 5.84 Å². The molecule has 15 heavy (non-hydrogen) atoms. The number of nitrogens with two attached hydrogens (primary N) is 1. The highest BCUT2D eigenvalue weighted by molar-refractivity contribution is 5.98. The molecule has 0 spiro atoms. The Morgan fingerprint density at radius 2 is 1.73 bits per heavy atom. The molecule has 0 atom stereocenters. The van der Waals surface area contributed by atoms with Crippen molar-refractivity contribution in [3.05, 3.63) is 35.4 Å². The van der Waals surface area contributed by atoms with Crippen LogP contribution in [0.4, 0.5) is 0 Å². The number of ether oxygens (including phenoxy) is 1. The van der Waals surface area contributed by atoms with Crippen LogP contribution in [0, 0.1) is 0 Å². The Hall–Kier alpha value is -2.04. The molecule has 0 aromatic heterocycles. The van der Waals surface area contributed by atoms with E-state index in [0.29, 0.717) is 11.1 Å². The first-order valence-corrected chi connectivity index (χ1v) is 4.24. The van der Waals surface area contributed by atoms with E-state index in [1.165, 1.54) is 14.2 Å². The predicted octanol–water partition coefficient (Wildman–Crippen LogP) is 0.740. The molecule has 0 aliphatic carbocycles. The highest BCUT2D eigenvalue weighted by atomic mass is 16.6. The molecule has 0 aliphatic rings. The van der Waals surface area contributed by atoms with Gasteiger partial charge in [0.05, 0.1) is 12.7 Å². The minimum atomic E-state index is -0.385. The molecule has 1 aromatic rings. The van der Waals surface area contributed by atoms with Crippen molar-refractivity contribution in [3.63, 3.8) is 0 Å². The first kappa shape index (κ1) is 11.0. The number of methoxy groups -OCH3 is 1. The number of benzene rings is 1. The quantitative estimate of drug-likeness (QED) is 0.344. The molecule has 0 saturated carbocycles. The fraction of sp³-hybridized carbons (Fsp3) is 0.200. The van der Waals surface area contributed by atoms with Gasteiger partial charge in [-0.15, -0.1) is 0 Å². The lowest BCUT2D eigenvalue weighted by Crippen LogP contribution is -2.13. The first-order valence-electron chi connectivity index (χ1n) is 4.24. The van der Waals surface area contributed by atoms with Crippen LogP contribution in [0.2, 0.25) is 0 Å². The van der Waals surface area contributed by atoms with Gasteiger partial charge in [-0.2, -0.15) is 0 Å². The maximum atomic E-state index is 11.1. The average molecular weight is 208 g/mol. The van der Waals surface area contributed by atoms with Gasteiger partial charge in [0, 0.05) is 5.56 Å². The van der Waals surface area contributed by atoms with Crippen molar-refractivity contribution < 1.29 is 14.4 Å². The summed E-state index contributed by atoms with van der Waals surface area (Å²) in [4.78, 5) is 15.6. The Kier molecular flexibility index (Phi) is 3.68. The number of rotatable bonds is 3. The number of carbonyl (C=O) groups excluding carboxylic acids is 1. The van der Waals surface area contributed by atoms with Gasteiger partial charge in [-0.05, 0) is 12.1 Å².